The van der Waals surface area contributed by atoms with Crippen LogP contribution in [0, 0.1) is 11.7 Å². The van der Waals surface area contributed by atoms with Gasteiger partial charge in [-0.25, -0.2) is 4.39 Å². The molecule has 0 radical (unpaired) electrons. The summed E-state index contributed by atoms with van der Waals surface area (Å²) in [7, 11) is 0. The van der Waals surface area contributed by atoms with Crippen LogP contribution in [0.3, 0.4) is 0 Å². The predicted molar refractivity (Wildman–Crippen MR) is 78.2 cm³/mol. The van der Waals surface area contributed by atoms with Crippen LogP contribution < -0.4 is 5.73 Å². The smallest absolute Gasteiger partial charge is 0.259 e. The predicted octanol–water partition coefficient (Wildman–Crippen LogP) is 3.89. The second-order valence-electron chi connectivity index (χ2n) is 5.88. The van der Waals surface area contributed by atoms with Crippen molar-refractivity contribution >= 4 is 11.6 Å². The van der Waals surface area contributed by atoms with Gasteiger partial charge in [-0.15, -0.1) is 0 Å². The first kappa shape index (κ1) is 14.5. The summed E-state index contributed by atoms with van der Waals surface area (Å²) < 4.78 is 18.8. The van der Waals surface area contributed by atoms with Gasteiger partial charge in [0.25, 0.3) is 5.89 Å². The highest BCUT2D eigenvalue weighted by molar-refractivity contribution is 6.33. The van der Waals surface area contributed by atoms with E-state index in [9.17, 15) is 4.39 Å². The van der Waals surface area contributed by atoms with Crippen molar-refractivity contribution in [1.82, 2.24) is 10.1 Å². The number of hydrogen-bond donors (Lipinski definition) is 1. The number of rotatable bonds is 2. The van der Waals surface area contributed by atoms with Gasteiger partial charge in [0, 0.05) is 0 Å². The van der Waals surface area contributed by atoms with Gasteiger partial charge >= 0.3 is 0 Å². The van der Waals surface area contributed by atoms with Crippen LogP contribution >= 0.6 is 11.6 Å². The maximum absolute atomic E-state index is 13.5. The van der Waals surface area contributed by atoms with Gasteiger partial charge in [0.2, 0.25) is 0 Å². The van der Waals surface area contributed by atoms with Crippen LogP contribution in [-0.4, -0.2) is 10.1 Å². The van der Waals surface area contributed by atoms with Crippen molar-refractivity contribution in [1.29, 1.82) is 0 Å². The fourth-order valence-corrected chi connectivity index (χ4v) is 3.21. The van der Waals surface area contributed by atoms with Gasteiger partial charge in [0.05, 0.1) is 16.1 Å². The lowest BCUT2D eigenvalue weighted by Gasteiger charge is -2.33. The number of benzene rings is 1. The summed E-state index contributed by atoms with van der Waals surface area (Å²) in [5, 5.41) is 3.98. The molecule has 2 aromatic rings. The van der Waals surface area contributed by atoms with Gasteiger partial charge in [-0.1, -0.05) is 42.6 Å². The van der Waals surface area contributed by atoms with Crippen LogP contribution in [0.25, 0.3) is 11.5 Å². The monoisotopic (exact) mass is 309 g/mol. The third-order valence-electron chi connectivity index (χ3n) is 4.09. The first-order valence-electron chi connectivity index (χ1n) is 7.07. The first-order chi connectivity index (χ1) is 9.99. The molecule has 1 heterocycles. The van der Waals surface area contributed by atoms with Gasteiger partial charge in [0.15, 0.2) is 5.82 Å². The largest absolute Gasteiger partial charge is 0.334 e. The lowest BCUT2D eigenvalue weighted by Crippen LogP contribution is -2.42. The summed E-state index contributed by atoms with van der Waals surface area (Å²) in [6, 6.07) is 4.49. The topological polar surface area (TPSA) is 64.9 Å². The van der Waals surface area contributed by atoms with Gasteiger partial charge < -0.3 is 10.3 Å². The molecular weight excluding hydrogens is 293 g/mol. The van der Waals surface area contributed by atoms with E-state index in [0.717, 1.165) is 19.3 Å². The van der Waals surface area contributed by atoms with E-state index < -0.39 is 11.4 Å². The zero-order valence-electron chi connectivity index (χ0n) is 11.8. The quantitative estimate of drug-likeness (QED) is 0.914. The average Bonchev–Trinajstić information content (AvgIpc) is 2.92. The van der Waals surface area contributed by atoms with E-state index in [2.05, 4.69) is 17.1 Å². The molecule has 112 valence electrons. The minimum absolute atomic E-state index is 0.0178. The molecule has 4 nitrogen and oxygen atoms in total. The molecule has 1 aliphatic rings. The van der Waals surface area contributed by atoms with E-state index in [1.54, 1.807) is 12.1 Å². The van der Waals surface area contributed by atoms with Gasteiger partial charge in [-0.3, -0.25) is 0 Å². The Morgan fingerprint density at radius 3 is 3.05 bits per heavy atom. The maximum Gasteiger partial charge on any atom is 0.259 e. The van der Waals surface area contributed by atoms with Crippen molar-refractivity contribution in [3.63, 3.8) is 0 Å². The number of hydrogen-bond acceptors (Lipinski definition) is 4. The summed E-state index contributed by atoms with van der Waals surface area (Å²) in [6.07, 6.45) is 3.86. The van der Waals surface area contributed by atoms with Crippen LogP contribution in [0.4, 0.5) is 4.39 Å². The Morgan fingerprint density at radius 1 is 1.48 bits per heavy atom. The molecule has 3 rings (SSSR count). The average molecular weight is 310 g/mol. The molecule has 1 aliphatic carbocycles. The second kappa shape index (κ2) is 5.39. The highest BCUT2D eigenvalue weighted by Gasteiger charge is 2.37. The molecule has 1 aromatic carbocycles. The molecule has 0 aliphatic heterocycles. The highest BCUT2D eigenvalue weighted by Crippen LogP contribution is 2.37. The summed E-state index contributed by atoms with van der Waals surface area (Å²) in [5.41, 5.74) is 6.26. The molecular formula is C15H17ClFN3O. The molecule has 0 amide bonds. The fraction of sp³-hybridized carbons (Fsp3) is 0.467. The Labute approximate surface area is 127 Å². The molecule has 2 N–H and O–H groups in total. The van der Waals surface area contributed by atoms with Crippen LogP contribution in [0.5, 0.6) is 0 Å². The van der Waals surface area contributed by atoms with Crippen molar-refractivity contribution in [2.75, 3.05) is 0 Å². The Morgan fingerprint density at radius 2 is 2.29 bits per heavy atom. The Hall–Kier alpha value is -1.46. The van der Waals surface area contributed by atoms with Gasteiger partial charge in [0.1, 0.15) is 5.82 Å². The molecule has 1 fully saturated rings. The zero-order chi connectivity index (χ0) is 15.0. The molecule has 2 atom stereocenters. The van der Waals surface area contributed by atoms with Crippen molar-refractivity contribution in [3.8, 4) is 11.5 Å². The molecule has 1 aromatic heterocycles. The number of halogens is 2. The van der Waals surface area contributed by atoms with Crippen LogP contribution in [-0.2, 0) is 5.54 Å². The molecule has 1 saturated carbocycles. The minimum atomic E-state index is -0.570. The number of nitrogens with two attached hydrogens (primary N) is 1. The standard InChI is InChI=1S/C15H17ClFN3O/c1-9-4-3-7-15(18,8-9)14-19-13(21-20-14)10-5-2-6-11(17)12(10)16/h2,5-6,9H,3-4,7-8,18H2,1H3. The summed E-state index contributed by atoms with van der Waals surface area (Å²) in [4.78, 5) is 4.36. The second-order valence-corrected chi connectivity index (χ2v) is 6.26. The maximum atomic E-state index is 13.5. The van der Waals surface area contributed by atoms with E-state index in [4.69, 9.17) is 21.9 Å². The van der Waals surface area contributed by atoms with E-state index >= 15 is 0 Å². The normalized spacial score (nSPS) is 26.0. The third-order valence-corrected chi connectivity index (χ3v) is 4.47. The highest BCUT2D eigenvalue weighted by atomic mass is 35.5. The van der Waals surface area contributed by atoms with Crippen LogP contribution in [0.1, 0.15) is 38.4 Å². The molecule has 0 saturated heterocycles. The molecule has 2 unspecified atom stereocenters. The first-order valence-corrected chi connectivity index (χ1v) is 7.45. The van der Waals surface area contributed by atoms with Crippen molar-refractivity contribution in [3.05, 3.63) is 34.9 Å². The van der Waals surface area contributed by atoms with Crippen LogP contribution in [0.15, 0.2) is 22.7 Å². The Bertz CT molecular complexity index is 660. The molecule has 6 heteroatoms. The molecule has 21 heavy (non-hydrogen) atoms. The van der Waals surface area contributed by atoms with E-state index in [1.807, 2.05) is 0 Å². The van der Waals surface area contributed by atoms with Gasteiger partial charge in [-0.2, -0.15) is 4.98 Å². The summed E-state index contributed by atoms with van der Waals surface area (Å²) in [5.74, 6) is 0.702. The lowest BCUT2D eigenvalue weighted by atomic mass is 9.76. The van der Waals surface area contributed by atoms with E-state index in [1.165, 1.54) is 12.5 Å². The zero-order valence-corrected chi connectivity index (χ0v) is 12.5. The van der Waals surface area contributed by atoms with Crippen LogP contribution in [0.2, 0.25) is 5.02 Å². The minimum Gasteiger partial charge on any atom is -0.334 e. The molecule has 0 spiro atoms. The van der Waals surface area contributed by atoms with Crippen molar-refractivity contribution < 1.29 is 8.91 Å². The van der Waals surface area contributed by atoms with E-state index in [0.29, 0.717) is 17.3 Å². The Balaban J connectivity index is 1.95. The fourth-order valence-electron chi connectivity index (χ4n) is 3.00. The number of aromatic nitrogens is 2. The van der Waals surface area contributed by atoms with Gasteiger partial charge in [-0.05, 0) is 30.9 Å². The summed E-state index contributed by atoms with van der Waals surface area (Å²) in [6.45, 7) is 2.17. The third kappa shape index (κ3) is 2.68. The van der Waals surface area contributed by atoms with Crippen molar-refractivity contribution in [2.24, 2.45) is 11.7 Å². The SMILES string of the molecule is CC1CCCC(N)(c2noc(-c3cccc(F)c3Cl)n2)C1. The van der Waals surface area contributed by atoms with Crippen molar-refractivity contribution in [2.45, 2.75) is 38.1 Å². The Kier molecular flexibility index (Phi) is 3.71. The number of nitrogens with zero attached hydrogens (tertiary/aromatic N) is 2. The summed E-state index contributed by atoms with van der Waals surface area (Å²) >= 11 is 5.95. The van der Waals surface area contributed by atoms with E-state index in [-0.39, 0.29) is 10.9 Å². The lowest BCUT2D eigenvalue weighted by molar-refractivity contribution is 0.222. The molecule has 0 bridgehead atoms.